The Morgan fingerprint density at radius 1 is 1.19 bits per heavy atom. The summed E-state index contributed by atoms with van der Waals surface area (Å²) in [5.74, 6) is 0.124. The van der Waals surface area contributed by atoms with Gasteiger partial charge in [0.05, 0.1) is 5.41 Å². The quantitative estimate of drug-likeness (QED) is 0.605. The Morgan fingerprint density at radius 3 is 2.31 bits per heavy atom. The lowest BCUT2D eigenvalue weighted by Crippen LogP contribution is -2.50. The molecule has 144 valence electrons. The molecule has 0 aliphatic carbocycles. The zero-order valence-corrected chi connectivity index (χ0v) is 18.1. The number of likely N-dealkylation sites (tertiary alicyclic amines) is 1. The zero-order chi connectivity index (χ0) is 19.7. The van der Waals surface area contributed by atoms with E-state index in [9.17, 15) is 9.59 Å². The van der Waals surface area contributed by atoms with Crippen LogP contribution in [0.25, 0.3) is 0 Å². The number of anilines is 1. The van der Waals surface area contributed by atoms with Crippen LogP contribution in [0.15, 0.2) is 22.7 Å². The van der Waals surface area contributed by atoms with Crippen molar-refractivity contribution in [1.82, 2.24) is 4.90 Å². The lowest BCUT2D eigenvalue weighted by molar-refractivity contribution is -0.124. The highest BCUT2D eigenvalue weighted by Crippen LogP contribution is 2.48. The van der Waals surface area contributed by atoms with E-state index in [4.69, 9.17) is 4.74 Å². The number of benzene rings is 1. The average molecular weight is 425 g/mol. The van der Waals surface area contributed by atoms with Crippen LogP contribution in [0.5, 0.6) is 0 Å². The Bertz CT molecular complexity index is 689. The summed E-state index contributed by atoms with van der Waals surface area (Å²) in [5.41, 5.74) is 1.00. The molecular formula is C20H29BrN2O3. The highest BCUT2D eigenvalue weighted by Gasteiger charge is 2.51. The summed E-state index contributed by atoms with van der Waals surface area (Å²) in [7, 11) is 1.82. The smallest absolute Gasteiger partial charge is 0.410 e. The number of ether oxygens (including phenoxy) is 1. The molecule has 0 N–H and O–H groups in total. The molecule has 0 saturated carbocycles. The second-order valence-electron chi connectivity index (χ2n) is 7.58. The topological polar surface area (TPSA) is 49.9 Å². The Kier molecular flexibility index (Phi) is 6.06. The van der Waals surface area contributed by atoms with Crippen molar-refractivity contribution in [3.05, 3.63) is 28.2 Å². The molecule has 3 rings (SSSR count). The van der Waals surface area contributed by atoms with Gasteiger partial charge in [-0.05, 0) is 57.4 Å². The Labute approximate surface area is 164 Å². The average Bonchev–Trinajstić information content (AvgIpc) is 2.78. The lowest BCUT2D eigenvalue weighted by atomic mass is 9.74. The largest absolute Gasteiger partial charge is 0.444 e. The molecular weight excluding hydrogens is 396 g/mol. The predicted octanol–water partition coefficient (Wildman–Crippen LogP) is 4.72. The van der Waals surface area contributed by atoms with Gasteiger partial charge in [0.15, 0.2) is 0 Å². The number of carbonyl (C=O) groups is 2. The van der Waals surface area contributed by atoms with E-state index < -0.39 is 11.0 Å². The molecule has 2 aliphatic heterocycles. The number of hydrogen-bond acceptors (Lipinski definition) is 3. The standard InChI is InChI=1S/C18H23BrN2O3.C2H6/c1-17(2,3)24-16(23)21-9-7-18(8-10-21)13-11-12(19)5-6-14(13)20(4)15(18)22;1-2/h5-6,11H,7-10H2,1-4H3;1-2H3. The van der Waals surface area contributed by atoms with Crippen LogP contribution in [-0.4, -0.2) is 42.6 Å². The normalized spacial score (nSPS) is 18.3. The van der Waals surface area contributed by atoms with Gasteiger partial charge < -0.3 is 14.5 Å². The third kappa shape index (κ3) is 3.75. The van der Waals surface area contributed by atoms with E-state index in [-0.39, 0.29) is 12.0 Å². The summed E-state index contributed by atoms with van der Waals surface area (Å²) in [6.45, 7) is 10.6. The van der Waals surface area contributed by atoms with Gasteiger partial charge in [0, 0.05) is 30.3 Å². The fourth-order valence-corrected chi connectivity index (χ4v) is 3.97. The number of piperidine rings is 1. The molecule has 0 unspecified atom stereocenters. The van der Waals surface area contributed by atoms with Gasteiger partial charge in [-0.15, -0.1) is 0 Å². The van der Waals surface area contributed by atoms with Crippen LogP contribution in [0.4, 0.5) is 10.5 Å². The molecule has 0 aromatic heterocycles. The SMILES string of the molecule is CC.CN1C(=O)C2(CCN(C(=O)OC(C)(C)C)CC2)c2cc(Br)ccc21. The highest BCUT2D eigenvalue weighted by atomic mass is 79.9. The zero-order valence-electron chi connectivity index (χ0n) is 16.6. The lowest BCUT2D eigenvalue weighted by Gasteiger charge is -2.38. The summed E-state index contributed by atoms with van der Waals surface area (Å²) in [6.07, 6.45) is 0.947. The summed E-state index contributed by atoms with van der Waals surface area (Å²) in [6, 6.07) is 5.98. The van der Waals surface area contributed by atoms with Crippen LogP contribution in [0.1, 0.15) is 53.0 Å². The van der Waals surface area contributed by atoms with E-state index in [1.165, 1.54) is 0 Å². The van der Waals surface area contributed by atoms with Crippen LogP contribution in [-0.2, 0) is 14.9 Å². The molecule has 2 heterocycles. The predicted molar refractivity (Wildman–Crippen MR) is 108 cm³/mol. The van der Waals surface area contributed by atoms with Gasteiger partial charge in [0.2, 0.25) is 5.91 Å². The molecule has 0 bridgehead atoms. The van der Waals surface area contributed by atoms with Crippen LogP contribution in [0.3, 0.4) is 0 Å². The second-order valence-corrected chi connectivity index (χ2v) is 8.49. The number of likely N-dealkylation sites (N-methyl/N-ethyl adjacent to an activating group) is 1. The monoisotopic (exact) mass is 424 g/mol. The van der Waals surface area contributed by atoms with Crippen LogP contribution in [0, 0.1) is 0 Å². The van der Waals surface area contributed by atoms with Crippen molar-refractivity contribution in [1.29, 1.82) is 0 Å². The van der Waals surface area contributed by atoms with Crippen molar-refractivity contribution < 1.29 is 14.3 Å². The summed E-state index contributed by atoms with van der Waals surface area (Å²) >= 11 is 3.51. The second kappa shape index (κ2) is 7.59. The molecule has 2 aliphatic rings. The van der Waals surface area contributed by atoms with Gasteiger partial charge in [0.25, 0.3) is 0 Å². The molecule has 1 aromatic carbocycles. The van der Waals surface area contributed by atoms with Crippen molar-refractivity contribution in [3.8, 4) is 0 Å². The van der Waals surface area contributed by atoms with E-state index >= 15 is 0 Å². The Balaban J connectivity index is 0.00000117. The van der Waals surface area contributed by atoms with Crippen LogP contribution >= 0.6 is 15.9 Å². The minimum Gasteiger partial charge on any atom is -0.444 e. The van der Waals surface area contributed by atoms with E-state index in [1.54, 1.807) is 9.80 Å². The number of nitrogens with zero attached hydrogens (tertiary/aromatic N) is 2. The molecule has 6 heteroatoms. The molecule has 0 radical (unpaired) electrons. The van der Waals surface area contributed by atoms with Gasteiger partial charge in [-0.3, -0.25) is 4.79 Å². The molecule has 1 saturated heterocycles. The van der Waals surface area contributed by atoms with Crippen molar-refractivity contribution in [3.63, 3.8) is 0 Å². The maximum absolute atomic E-state index is 12.9. The number of rotatable bonds is 0. The van der Waals surface area contributed by atoms with E-state index in [0.717, 1.165) is 15.7 Å². The molecule has 1 spiro atoms. The van der Waals surface area contributed by atoms with Gasteiger partial charge in [0.1, 0.15) is 5.60 Å². The van der Waals surface area contributed by atoms with E-state index in [1.807, 2.05) is 59.9 Å². The fraction of sp³-hybridized carbons (Fsp3) is 0.600. The maximum atomic E-state index is 12.9. The molecule has 2 amide bonds. The molecule has 0 atom stereocenters. The first-order chi connectivity index (χ1) is 12.1. The summed E-state index contributed by atoms with van der Waals surface area (Å²) in [5, 5.41) is 0. The Morgan fingerprint density at radius 2 is 1.77 bits per heavy atom. The molecule has 1 fully saturated rings. The fourth-order valence-electron chi connectivity index (χ4n) is 3.61. The summed E-state index contributed by atoms with van der Waals surface area (Å²) in [4.78, 5) is 28.6. The minimum absolute atomic E-state index is 0.124. The molecule has 5 nitrogen and oxygen atoms in total. The van der Waals surface area contributed by atoms with Gasteiger partial charge in [-0.25, -0.2) is 4.79 Å². The molecule has 26 heavy (non-hydrogen) atoms. The number of carbonyl (C=O) groups excluding carboxylic acids is 2. The van der Waals surface area contributed by atoms with Gasteiger partial charge in [-0.1, -0.05) is 29.8 Å². The van der Waals surface area contributed by atoms with Crippen molar-refractivity contribution in [2.45, 2.75) is 58.5 Å². The molecule has 1 aromatic rings. The summed E-state index contributed by atoms with van der Waals surface area (Å²) < 4.78 is 6.42. The number of hydrogen-bond donors (Lipinski definition) is 0. The van der Waals surface area contributed by atoms with Crippen LogP contribution < -0.4 is 4.90 Å². The third-order valence-corrected chi connectivity index (χ3v) is 5.31. The van der Waals surface area contributed by atoms with Gasteiger partial charge >= 0.3 is 6.09 Å². The van der Waals surface area contributed by atoms with Crippen molar-refractivity contribution in [2.24, 2.45) is 0 Å². The van der Waals surface area contributed by atoms with Crippen molar-refractivity contribution >= 4 is 33.6 Å². The third-order valence-electron chi connectivity index (χ3n) is 4.82. The van der Waals surface area contributed by atoms with E-state index in [2.05, 4.69) is 15.9 Å². The van der Waals surface area contributed by atoms with Gasteiger partial charge in [-0.2, -0.15) is 0 Å². The first-order valence-electron chi connectivity index (χ1n) is 9.20. The van der Waals surface area contributed by atoms with Crippen LogP contribution in [0.2, 0.25) is 0 Å². The minimum atomic E-state index is -0.521. The first kappa shape index (κ1) is 20.7. The van der Waals surface area contributed by atoms with Crippen molar-refractivity contribution in [2.75, 3.05) is 25.0 Å². The number of halogens is 1. The van der Waals surface area contributed by atoms with E-state index in [0.29, 0.717) is 25.9 Å². The highest BCUT2D eigenvalue weighted by molar-refractivity contribution is 9.10. The maximum Gasteiger partial charge on any atom is 0.410 e. The number of fused-ring (bicyclic) bond motifs is 2. The first-order valence-corrected chi connectivity index (χ1v) is 9.99. The Hall–Kier alpha value is -1.56. The number of amides is 2.